The first-order valence-corrected chi connectivity index (χ1v) is 10.0. The van der Waals surface area contributed by atoms with Gasteiger partial charge in [-0.2, -0.15) is 0 Å². The van der Waals surface area contributed by atoms with Gasteiger partial charge < -0.3 is 14.1 Å². The third-order valence-corrected chi connectivity index (χ3v) is 5.85. The highest BCUT2D eigenvalue weighted by Crippen LogP contribution is 2.19. The van der Waals surface area contributed by atoms with E-state index in [-0.39, 0.29) is 16.8 Å². The van der Waals surface area contributed by atoms with E-state index in [9.17, 15) is 13.2 Å². The number of furan rings is 1. The minimum absolute atomic E-state index is 0.0911. The maximum Gasteiger partial charge on any atom is 0.257 e. The number of carbonyl (C=O) groups is 1. The first kappa shape index (κ1) is 18.5. The highest BCUT2D eigenvalue weighted by atomic mass is 32.2. The summed E-state index contributed by atoms with van der Waals surface area (Å²) in [5, 5.41) is 0. The zero-order valence-electron chi connectivity index (χ0n) is 14.6. The molecule has 1 amide bonds. The van der Waals surface area contributed by atoms with Crippen molar-refractivity contribution in [2.24, 2.45) is 0 Å². The Morgan fingerprint density at radius 3 is 2.50 bits per heavy atom. The number of hydrogen-bond donors (Lipinski definition) is 1. The van der Waals surface area contributed by atoms with E-state index in [1.807, 2.05) is 6.92 Å². The van der Waals surface area contributed by atoms with Crippen LogP contribution < -0.4 is 9.46 Å². The first-order valence-electron chi connectivity index (χ1n) is 8.56. The van der Waals surface area contributed by atoms with Gasteiger partial charge in [0.1, 0.15) is 12.0 Å². The Morgan fingerprint density at radius 2 is 1.92 bits per heavy atom. The van der Waals surface area contributed by atoms with E-state index in [0.29, 0.717) is 43.9 Å². The Hall–Kier alpha value is -2.32. The maximum absolute atomic E-state index is 12.5. The molecule has 1 aliphatic rings. The quantitative estimate of drug-likeness (QED) is 0.833. The molecule has 0 unspecified atom stereocenters. The lowest BCUT2D eigenvalue weighted by Gasteiger charge is -2.32. The van der Waals surface area contributed by atoms with Crippen molar-refractivity contribution in [2.45, 2.75) is 30.7 Å². The smallest absolute Gasteiger partial charge is 0.257 e. The second-order valence-electron chi connectivity index (χ2n) is 6.10. The predicted octanol–water partition coefficient (Wildman–Crippen LogP) is 2.26. The Balaban J connectivity index is 1.57. The van der Waals surface area contributed by atoms with Gasteiger partial charge in [-0.25, -0.2) is 13.1 Å². The average Bonchev–Trinajstić information content (AvgIpc) is 3.17. The number of nitrogens with one attached hydrogen (secondary N) is 1. The minimum Gasteiger partial charge on any atom is -0.494 e. The highest BCUT2D eigenvalue weighted by Gasteiger charge is 2.27. The Morgan fingerprint density at radius 1 is 1.23 bits per heavy atom. The third kappa shape index (κ3) is 4.25. The van der Waals surface area contributed by atoms with Crippen LogP contribution in [0.3, 0.4) is 0 Å². The summed E-state index contributed by atoms with van der Waals surface area (Å²) in [6.07, 6.45) is 4.02. The molecule has 0 saturated carbocycles. The number of rotatable bonds is 6. The van der Waals surface area contributed by atoms with E-state index in [1.165, 1.54) is 24.7 Å². The van der Waals surface area contributed by atoms with Crippen LogP contribution in [0.5, 0.6) is 5.75 Å². The van der Waals surface area contributed by atoms with Gasteiger partial charge in [0.15, 0.2) is 0 Å². The van der Waals surface area contributed by atoms with Crippen LogP contribution in [0.25, 0.3) is 0 Å². The van der Waals surface area contributed by atoms with Crippen molar-refractivity contribution in [3.8, 4) is 5.75 Å². The maximum atomic E-state index is 12.5. The van der Waals surface area contributed by atoms with Gasteiger partial charge in [-0.1, -0.05) is 0 Å². The van der Waals surface area contributed by atoms with Crippen molar-refractivity contribution in [2.75, 3.05) is 19.7 Å². The van der Waals surface area contributed by atoms with E-state index in [0.717, 1.165) is 0 Å². The standard InChI is InChI=1S/C18H22N2O5S/c1-2-25-16-3-5-17(6-4-16)26(22,23)19-15-7-10-20(11-8-15)18(21)14-9-12-24-13-14/h3-6,9,12-13,15,19H,2,7-8,10-11H2,1H3. The summed E-state index contributed by atoms with van der Waals surface area (Å²) in [5.41, 5.74) is 0.512. The molecular formula is C18H22N2O5S. The molecule has 8 heteroatoms. The SMILES string of the molecule is CCOc1ccc(S(=O)(=O)NC2CCN(C(=O)c3ccoc3)CC2)cc1. The zero-order valence-corrected chi connectivity index (χ0v) is 15.4. The molecule has 0 atom stereocenters. The molecule has 2 aromatic rings. The largest absolute Gasteiger partial charge is 0.494 e. The summed E-state index contributed by atoms with van der Waals surface area (Å²) in [7, 11) is -3.60. The summed E-state index contributed by atoms with van der Waals surface area (Å²) >= 11 is 0. The van der Waals surface area contributed by atoms with Crippen LogP contribution in [0.2, 0.25) is 0 Å². The summed E-state index contributed by atoms with van der Waals surface area (Å²) in [6.45, 7) is 3.40. The molecule has 1 aliphatic heterocycles. The molecule has 1 N–H and O–H groups in total. The molecule has 26 heavy (non-hydrogen) atoms. The van der Waals surface area contributed by atoms with Crippen molar-refractivity contribution >= 4 is 15.9 Å². The number of benzene rings is 1. The van der Waals surface area contributed by atoms with Crippen LogP contribution in [0.4, 0.5) is 0 Å². The van der Waals surface area contributed by atoms with Gasteiger partial charge in [0.05, 0.1) is 23.3 Å². The van der Waals surface area contributed by atoms with E-state index in [4.69, 9.17) is 9.15 Å². The molecule has 0 radical (unpaired) electrons. The second-order valence-corrected chi connectivity index (χ2v) is 7.82. The predicted molar refractivity (Wildman–Crippen MR) is 95.6 cm³/mol. The topological polar surface area (TPSA) is 88.9 Å². The number of carbonyl (C=O) groups excluding carboxylic acids is 1. The molecule has 1 saturated heterocycles. The van der Waals surface area contributed by atoms with Gasteiger partial charge in [-0.3, -0.25) is 4.79 Å². The molecular weight excluding hydrogens is 356 g/mol. The molecule has 1 aromatic carbocycles. The molecule has 0 bridgehead atoms. The molecule has 1 fully saturated rings. The van der Waals surface area contributed by atoms with E-state index in [2.05, 4.69) is 4.72 Å². The minimum atomic E-state index is -3.60. The molecule has 0 spiro atoms. The van der Waals surface area contributed by atoms with Gasteiger partial charge in [0, 0.05) is 19.1 Å². The third-order valence-electron chi connectivity index (χ3n) is 4.32. The fourth-order valence-corrected chi connectivity index (χ4v) is 4.24. The van der Waals surface area contributed by atoms with Gasteiger partial charge in [0.25, 0.3) is 5.91 Å². The van der Waals surface area contributed by atoms with Crippen LogP contribution >= 0.6 is 0 Å². The number of piperidine rings is 1. The van der Waals surface area contributed by atoms with Crippen molar-refractivity contribution in [3.05, 3.63) is 48.4 Å². The van der Waals surface area contributed by atoms with Gasteiger partial charge >= 0.3 is 0 Å². The van der Waals surface area contributed by atoms with E-state index in [1.54, 1.807) is 23.1 Å². The zero-order chi connectivity index (χ0) is 18.6. The monoisotopic (exact) mass is 378 g/mol. The summed E-state index contributed by atoms with van der Waals surface area (Å²) < 4.78 is 38.1. The fraction of sp³-hybridized carbons (Fsp3) is 0.389. The van der Waals surface area contributed by atoms with Crippen molar-refractivity contribution < 1.29 is 22.4 Å². The summed E-state index contributed by atoms with van der Waals surface area (Å²) in [6, 6.07) is 7.79. The number of likely N-dealkylation sites (tertiary alicyclic amines) is 1. The Labute approximate surface area is 153 Å². The lowest BCUT2D eigenvalue weighted by molar-refractivity contribution is 0.0710. The van der Waals surface area contributed by atoms with E-state index >= 15 is 0 Å². The van der Waals surface area contributed by atoms with Gasteiger partial charge in [-0.05, 0) is 50.1 Å². The van der Waals surface area contributed by atoms with Crippen LogP contribution in [0.1, 0.15) is 30.1 Å². The summed E-state index contributed by atoms with van der Waals surface area (Å²) in [5.74, 6) is 0.545. The molecule has 7 nitrogen and oxygen atoms in total. The Kier molecular flexibility index (Phi) is 5.63. The molecule has 140 valence electrons. The van der Waals surface area contributed by atoms with Crippen LogP contribution in [-0.4, -0.2) is 45.0 Å². The second kappa shape index (κ2) is 7.92. The van der Waals surface area contributed by atoms with Gasteiger partial charge in [0.2, 0.25) is 10.0 Å². The Bertz CT molecular complexity index is 823. The van der Waals surface area contributed by atoms with Crippen molar-refractivity contribution in [1.29, 1.82) is 0 Å². The number of ether oxygens (including phenoxy) is 1. The fourth-order valence-electron chi connectivity index (χ4n) is 2.94. The van der Waals surface area contributed by atoms with Crippen molar-refractivity contribution in [3.63, 3.8) is 0 Å². The number of nitrogens with zero attached hydrogens (tertiary/aromatic N) is 1. The van der Waals surface area contributed by atoms with Crippen LogP contribution in [-0.2, 0) is 10.0 Å². The number of hydrogen-bond acceptors (Lipinski definition) is 5. The highest BCUT2D eigenvalue weighted by molar-refractivity contribution is 7.89. The average molecular weight is 378 g/mol. The molecule has 0 aliphatic carbocycles. The molecule has 1 aromatic heterocycles. The molecule has 3 rings (SSSR count). The normalized spacial score (nSPS) is 15.8. The molecule has 2 heterocycles. The lowest BCUT2D eigenvalue weighted by atomic mass is 10.1. The summed E-state index contributed by atoms with van der Waals surface area (Å²) in [4.78, 5) is 14.2. The number of amides is 1. The first-order chi connectivity index (χ1) is 12.5. The number of sulfonamides is 1. The van der Waals surface area contributed by atoms with Gasteiger partial charge in [-0.15, -0.1) is 0 Å². The van der Waals surface area contributed by atoms with E-state index < -0.39 is 10.0 Å². The van der Waals surface area contributed by atoms with Crippen LogP contribution in [0, 0.1) is 0 Å². The lowest BCUT2D eigenvalue weighted by Crippen LogP contribution is -2.46. The van der Waals surface area contributed by atoms with Crippen molar-refractivity contribution in [1.82, 2.24) is 9.62 Å². The van der Waals surface area contributed by atoms with Crippen LogP contribution in [0.15, 0.2) is 52.2 Å².